The highest BCUT2D eigenvalue weighted by molar-refractivity contribution is 6.03. The number of Topliss-reactive ketones (excluding diaryl/α,β-unsaturated/α-hetero) is 1. The van der Waals surface area contributed by atoms with Crippen LogP contribution < -0.4 is 5.73 Å². The van der Waals surface area contributed by atoms with E-state index < -0.39 is 0 Å². The van der Waals surface area contributed by atoms with Crippen LogP contribution in [-0.4, -0.2) is 20.4 Å². The Morgan fingerprint density at radius 1 is 1.61 bits per heavy atom. The van der Waals surface area contributed by atoms with E-state index in [0.29, 0.717) is 17.8 Å². The number of rotatable bonds is 4. The van der Waals surface area contributed by atoms with Crippen molar-refractivity contribution in [2.24, 2.45) is 5.92 Å². The van der Waals surface area contributed by atoms with E-state index in [2.05, 4.69) is 16.7 Å². The molecular formula is C13H14N4O. The summed E-state index contributed by atoms with van der Waals surface area (Å²) in [6, 6.07) is 0. The number of aromatic nitrogens is 3. The lowest BCUT2D eigenvalue weighted by Gasteiger charge is -2.01. The number of nitrogens with two attached hydrogens (primary N) is 1. The topological polar surface area (TPSA) is 73.3 Å². The molecule has 18 heavy (non-hydrogen) atoms. The van der Waals surface area contributed by atoms with Crippen LogP contribution in [0.3, 0.4) is 0 Å². The molecule has 0 aliphatic heterocycles. The molecule has 1 aliphatic rings. The van der Waals surface area contributed by atoms with Crippen LogP contribution in [0.4, 0.5) is 5.82 Å². The Morgan fingerprint density at radius 2 is 2.39 bits per heavy atom. The number of fused-ring (bicyclic) bond motifs is 1. The molecule has 5 heteroatoms. The van der Waals surface area contributed by atoms with Gasteiger partial charge in [-0.15, -0.1) is 6.58 Å². The third-order valence-corrected chi connectivity index (χ3v) is 3.27. The first-order valence-corrected chi connectivity index (χ1v) is 5.98. The predicted molar refractivity (Wildman–Crippen MR) is 68.4 cm³/mol. The first-order valence-electron chi connectivity index (χ1n) is 5.98. The third-order valence-electron chi connectivity index (χ3n) is 3.27. The molecule has 3 rings (SSSR count). The lowest BCUT2D eigenvalue weighted by molar-refractivity contribution is 0.0967. The Labute approximate surface area is 104 Å². The second-order valence-corrected chi connectivity index (χ2v) is 4.59. The van der Waals surface area contributed by atoms with Gasteiger partial charge in [0.1, 0.15) is 11.8 Å². The number of anilines is 1. The van der Waals surface area contributed by atoms with E-state index in [9.17, 15) is 4.79 Å². The Kier molecular flexibility index (Phi) is 2.40. The molecule has 0 unspecified atom stereocenters. The van der Waals surface area contributed by atoms with Crippen LogP contribution in [-0.2, 0) is 6.42 Å². The summed E-state index contributed by atoms with van der Waals surface area (Å²) in [7, 11) is 0. The molecule has 0 amide bonds. The largest absolute Gasteiger partial charge is 0.382 e. The SMILES string of the molecule is C=CCc1c(C(=O)C2CC2)cn2ncnc(N)c12. The number of hydrogen-bond acceptors (Lipinski definition) is 4. The van der Waals surface area contributed by atoms with Gasteiger partial charge in [-0.05, 0) is 24.8 Å². The van der Waals surface area contributed by atoms with E-state index in [0.717, 1.165) is 23.9 Å². The number of carbonyl (C=O) groups excluding carboxylic acids is 1. The lowest BCUT2D eigenvalue weighted by Crippen LogP contribution is -2.03. The molecule has 0 radical (unpaired) electrons. The molecule has 0 aromatic carbocycles. The van der Waals surface area contributed by atoms with Gasteiger partial charge in [-0.2, -0.15) is 5.10 Å². The third kappa shape index (κ3) is 1.59. The number of nitrogens with zero attached hydrogens (tertiary/aromatic N) is 3. The number of allylic oxidation sites excluding steroid dienone is 1. The molecule has 0 bridgehead atoms. The number of hydrogen-bond donors (Lipinski definition) is 1. The smallest absolute Gasteiger partial charge is 0.167 e. The molecule has 5 nitrogen and oxygen atoms in total. The minimum Gasteiger partial charge on any atom is -0.382 e. The van der Waals surface area contributed by atoms with Crippen LogP contribution in [0.2, 0.25) is 0 Å². The number of carbonyl (C=O) groups is 1. The van der Waals surface area contributed by atoms with E-state index in [4.69, 9.17) is 5.73 Å². The van der Waals surface area contributed by atoms with E-state index in [1.165, 1.54) is 6.33 Å². The Hall–Kier alpha value is -2.17. The fourth-order valence-corrected chi connectivity index (χ4v) is 2.23. The van der Waals surface area contributed by atoms with Gasteiger partial charge in [-0.25, -0.2) is 9.50 Å². The van der Waals surface area contributed by atoms with Crippen molar-refractivity contribution >= 4 is 17.1 Å². The Balaban J connectivity index is 2.23. The molecule has 0 atom stereocenters. The average Bonchev–Trinajstić information content (AvgIpc) is 3.13. The van der Waals surface area contributed by atoms with Crippen molar-refractivity contribution in [2.75, 3.05) is 5.73 Å². The predicted octanol–water partition coefficient (Wildman–Crippen LogP) is 1.63. The first kappa shape index (κ1) is 11.0. The first-order chi connectivity index (χ1) is 8.72. The summed E-state index contributed by atoms with van der Waals surface area (Å²) >= 11 is 0. The maximum atomic E-state index is 12.2. The summed E-state index contributed by atoms with van der Waals surface area (Å²) in [6.07, 6.45) is 7.49. The van der Waals surface area contributed by atoms with Gasteiger partial charge >= 0.3 is 0 Å². The summed E-state index contributed by atoms with van der Waals surface area (Å²) in [4.78, 5) is 16.2. The van der Waals surface area contributed by atoms with Gasteiger partial charge in [-0.1, -0.05) is 6.08 Å². The Morgan fingerprint density at radius 3 is 3.06 bits per heavy atom. The van der Waals surface area contributed by atoms with Crippen LogP contribution >= 0.6 is 0 Å². The van der Waals surface area contributed by atoms with Gasteiger partial charge in [0.05, 0.1) is 0 Å². The maximum Gasteiger partial charge on any atom is 0.167 e. The quantitative estimate of drug-likeness (QED) is 0.653. The molecule has 1 fully saturated rings. The fraction of sp³-hybridized carbons (Fsp3) is 0.308. The molecule has 2 N–H and O–H groups in total. The second-order valence-electron chi connectivity index (χ2n) is 4.59. The van der Waals surface area contributed by atoms with Crippen LogP contribution in [0.1, 0.15) is 28.8 Å². The maximum absolute atomic E-state index is 12.2. The van der Waals surface area contributed by atoms with E-state index >= 15 is 0 Å². The molecule has 1 aliphatic carbocycles. The van der Waals surface area contributed by atoms with Gasteiger partial charge in [-0.3, -0.25) is 4.79 Å². The molecule has 92 valence electrons. The molecule has 1 saturated carbocycles. The zero-order valence-corrected chi connectivity index (χ0v) is 9.97. The van der Waals surface area contributed by atoms with Crippen molar-refractivity contribution in [3.05, 3.63) is 36.3 Å². The highest BCUT2D eigenvalue weighted by Crippen LogP contribution is 2.35. The lowest BCUT2D eigenvalue weighted by atomic mass is 10.0. The average molecular weight is 242 g/mol. The van der Waals surface area contributed by atoms with E-state index in [1.807, 2.05) is 0 Å². The van der Waals surface area contributed by atoms with Gasteiger partial charge in [0.15, 0.2) is 11.6 Å². The van der Waals surface area contributed by atoms with Gasteiger partial charge in [0.2, 0.25) is 0 Å². The molecule has 2 heterocycles. The zero-order chi connectivity index (χ0) is 12.7. The van der Waals surface area contributed by atoms with Crippen molar-refractivity contribution in [1.82, 2.24) is 14.6 Å². The Bertz CT molecular complexity index is 640. The van der Waals surface area contributed by atoms with Crippen molar-refractivity contribution < 1.29 is 4.79 Å². The van der Waals surface area contributed by atoms with Crippen molar-refractivity contribution in [3.63, 3.8) is 0 Å². The second kappa shape index (κ2) is 3.94. The van der Waals surface area contributed by atoms with Crippen LogP contribution in [0.5, 0.6) is 0 Å². The molecule has 2 aromatic heterocycles. The zero-order valence-electron chi connectivity index (χ0n) is 9.97. The summed E-state index contributed by atoms with van der Waals surface area (Å²) in [6.45, 7) is 3.73. The van der Waals surface area contributed by atoms with Crippen molar-refractivity contribution in [3.8, 4) is 0 Å². The molecular weight excluding hydrogens is 228 g/mol. The molecule has 0 spiro atoms. The van der Waals surface area contributed by atoms with Gasteiger partial charge in [0, 0.05) is 17.7 Å². The van der Waals surface area contributed by atoms with Crippen molar-refractivity contribution in [2.45, 2.75) is 19.3 Å². The molecule has 0 saturated heterocycles. The summed E-state index contributed by atoms with van der Waals surface area (Å²) in [5.41, 5.74) is 8.20. The van der Waals surface area contributed by atoms with Crippen LogP contribution in [0, 0.1) is 5.92 Å². The van der Waals surface area contributed by atoms with Gasteiger partial charge in [0.25, 0.3) is 0 Å². The van der Waals surface area contributed by atoms with E-state index in [-0.39, 0.29) is 11.7 Å². The highest BCUT2D eigenvalue weighted by atomic mass is 16.1. The number of nitrogen functional groups attached to an aromatic ring is 1. The highest BCUT2D eigenvalue weighted by Gasteiger charge is 2.33. The minimum absolute atomic E-state index is 0.181. The minimum atomic E-state index is 0.181. The van der Waals surface area contributed by atoms with Crippen molar-refractivity contribution in [1.29, 1.82) is 0 Å². The van der Waals surface area contributed by atoms with Gasteiger partial charge < -0.3 is 5.73 Å². The normalized spacial score (nSPS) is 14.9. The monoisotopic (exact) mass is 242 g/mol. The van der Waals surface area contributed by atoms with Crippen LogP contribution in [0.25, 0.3) is 5.52 Å². The fourth-order valence-electron chi connectivity index (χ4n) is 2.23. The number of ketones is 1. The molecule has 2 aromatic rings. The standard InChI is InChI=1S/C13H14N4O/c1-2-3-9-10(12(18)8-4-5-8)6-17-11(9)13(14)15-7-16-17/h2,6-8H,1,3-5H2,(H2,14,15,16). The van der Waals surface area contributed by atoms with E-state index in [1.54, 1.807) is 16.8 Å². The van der Waals surface area contributed by atoms with Crippen LogP contribution in [0.15, 0.2) is 25.2 Å². The summed E-state index contributed by atoms with van der Waals surface area (Å²) in [5.74, 6) is 0.772. The summed E-state index contributed by atoms with van der Waals surface area (Å²) in [5, 5.41) is 4.11. The summed E-state index contributed by atoms with van der Waals surface area (Å²) < 4.78 is 1.64.